The van der Waals surface area contributed by atoms with Crippen molar-refractivity contribution in [1.29, 1.82) is 0 Å². The number of morpholine rings is 1. The Morgan fingerprint density at radius 2 is 1.97 bits per heavy atom. The van der Waals surface area contributed by atoms with Gasteiger partial charge in [-0.25, -0.2) is 8.42 Å². The van der Waals surface area contributed by atoms with Crippen molar-refractivity contribution in [2.45, 2.75) is 31.7 Å². The molecule has 1 aliphatic heterocycles. The standard InChI is InChI=1S/C21H30N2O5S2/c1-4-5-14-28-20-6-8-21(9-7-20)30(25,26)23(18(2)17-29-19(3)24)11-10-22-12-15-27-16-13-22/h6-9,18H,10-17H2,1-3H3/t18-/m1/s1. The highest BCUT2D eigenvalue weighted by Crippen LogP contribution is 2.23. The van der Waals surface area contributed by atoms with Crippen LogP contribution in [0.4, 0.5) is 0 Å². The van der Waals surface area contributed by atoms with Crippen LogP contribution in [0.2, 0.25) is 0 Å². The summed E-state index contributed by atoms with van der Waals surface area (Å²) in [6.45, 7) is 9.19. The van der Waals surface area contributed by atoms with Crippen molar-refractivity contribution >= 4 is 26.9 Å². The molecule has 1 saturated heterocycles. The number of hydrogen-bond acceptors (Lipinski definition) is 7. The van der Waals surface area contributed by atoms with Gasteiger partial charge in [0.15, 0.2) is 5.12 Å². The smallest absolute Gasteiger partial charge is 0.243 e. The second kappa shape index (κ2) is 12.3. The van der Waals surface area contributed by atoms with Crippen LogP contribution < -0.4 is 4.74 Å². The third-order valence-corrected chi connectivity index (χ3v) is 7.76. The van der Waals surface area contributed by atoms with Gasteiger partial charge in [0.1, 0.15) is 12.4 Å². The molecule has 0 saturated carbocycles. The summed E-state index contributed by atoms with van der Waals surface area (Å²) in [5.41, 5.74) is 0. The summed E-state index contributed by atoms with van der Waals surface area (Å²) >= 11 is 1.14. The van der Waals surface area contributed by atoms with Crippen molar-refractivity contribution in [2.24, 2.45) is 0 Å². The molecule has 166 valence electrons. The summed E-state index contributed by atoms with van der Waals surface area (Å²) in [5.74, 6) is 6.53. The van der Waals surface area contributed by atoms with E-state index in [1.807, 2.05) is 6.92 Å². The Bertz CT molecular complexity index is 840. The van der Waals surface area contributed by atoms with Crippen molar-refractivity contribution in [1.82, 2.24) is 9.21 Å². The van der Waals surface area contributed by atoms with E-state index in [1.54, 1.807) is 31.2 Å². The maximum absolute atomic E-state index is 13.4. The van der Waals surface area contributed by atoms with Gasteiger partial charge in [0, 0.05) is 44.9 Å². The Balaban J connectivity index is 2.15. The number of hydrogen-bond donors (Lipinski definition) is 0. The van der Waals surface area contributed by atoms with Crippen LogP contribution in [-0.2, 0) is 19.6 Å². The molecule has 0 amide bonds. The Morgan fingerprint density at radius 3 is 2.57 bits per heavy atom. The molecule has 0 radical (unpaired) electrons. The largest absolute Gasteiger partial charge is 0.481 e. The Labute approximate surface area is 184 Å². The van der Waals surface area contributed by atoms with E-state index in [4.69, 9.17) is 9.47 Å². The third-order valence-electron chi connectivity index (χ3n) is 4.68. The molecule has 1 aliphatic rings. The van der Waals surface area contributed by atoms with E-state index in [0.717, 1.165) is 24.9 Å². The SMILES string of the molecule is CC#CCOc1ccc(S(=O)(=O)N(CCN2CCOCC2)[C@H](C)CSC(C)=O)cc1. The molecule has 9 heteroatoms. The van der Waals surface area contributed by atoms with Gasteiger partial charge in [-0.1, -0.05) is 17.7 Å². The highest BCUT2D eigenvalue weighted by atomic mass is 32.2. The summed E-state index contributed by atoms with van der Waals surface area (Å²) in [4.78, 5) is 13.8. The molecule has 2 rings (SSSR count). The predicted octanol–water partition coefficient (Wildman–Crippen LogP) is 2.08. The number of nitrogens with zero attached hydrogens (tertiary/aromatic N) is 2. The molecule has 1 atom stereocenters. The lowest BCUT2D eigenvalue weighted by atomic mass is 10.3. The lowest BCUT2D eigenvalue weighted by Crippen LogP contribution is -2.46. The summed E-state index contributed by atoms with van der Waals surface area (Å²) < 4.78 is 39.1. The molecule has 0 aliphatic carbocycles. The summed E-state index contributed by atoms with van der Waals surface area (Å²) in [6.07, 6.45) is 0. The highest BCUT2D eigenvalue weighted by molar-refractivity contribution is 8.13. The second-order valence-corrected chi connectivity index (χ2v) is 10.00. The minimum absolute atomic E-state index is 0.0240. The highest BCUT2D eigenvalue weighted by Gasteiger charge is 2.30. The van der Waals surface area contributed by atoms with Gasteiger partial charge in [-0.05, 0) is 38.1 Å². The number of ether oxygens (including phenoxy) is 2. The molecule has 1 heterocycles. The van der Waals surface area contributed by atoms with Gasteiger partial charge in [0.25, 0.3) is 0 Å². The minimum atomic E-state index is -3.72. The first-order valence-corrected chi connectivity index (χ1v) is 12.3. The molecule has 1 aromatic carbocycles. The van der Waals surface area contributed by atoms with Gasteiger partial charge >= 0.3 is 0 Å². The first kappa shape index (κ1) is 24.7. The molecule has 1 aromatic rings. The van der Waals surface area contributed by atoms with Crippen LogP contribution in [0.3, 0.4) is 0 Å². The van der Waals surface area contributed by atoms with E-state index < -0.39 is 10.0 Å². The van der Waals surface area contributed by atoms with Gasteiger partial charge in [-0.3, -0.25) is 9.69 Å². The quantitative estimate of drug-likeness (QED) is 0.501. The maximum atomic E-state index is 13.4. The fraction of sp³-hybridized carbons (Fsp3) is 0.571. The van der Waals surface area contributed by atoms with E-state index in [0.29, 0.717) is 37.8 Å². The molecular formula is C21H30N2O5S2. The van der Waals surface area contributed by atoms with Crippen LogP contribution in [0.25, 0.3) is 0 Å². The lowest BCUT2D eigenvalue weighted by Gasteiger charge is -2.32. The van der Waals surface area contributed by atoms with Crippen LogP contribution in [0.1, 0.15) is 20.8 Å². The van der Waals surface area contributed by atoms with Crippen molar-refractivity contribution in [3.8, 4) is 17.6 Å². The average Bonchev–Trinajstić information content (AvgIpc) is 2.73. The molecule has 0 aromatic heterocycles. The lowest BCUT2D eigenvalue weighted by molar-refractivity contribution is -0.109. The van der Waals surface area contributed by atoms with E-state index in [1.165, 1.54) is 11.2 Å². The predicted molar refractivity (Wildman–Crippen MR) is 119 cm³/mol. The average molecular weight is 455 g/mol. The zero-order valence-corrected chi connectivity index (χ0v) is 19.4. The first-order valence-electron chi connectivity index (χ1n) is 9.92. The molecule has 0 unspecified atom stereocenters. The first-order chi connectivity index (χ1) is 14.3. The Kier molecular flexibility index (Phi) is 10.1. The molecule has 0 spiro atoms. The van der Waals surface area contributed by atoms with Crippen molar-refractivity contribution < 1.29 is 22.7 Å². The molecule has 1 fully saturated rings. The van der Waals surface area contributed by atoms with Crippen molar-refractivity contribution in [2.75, 3.05) is 51.8 Å². The number of benzene rings is 1. The summed E-state index contributed by atoms with van der Waals surface area (Å²) in [6, 6.07) is 6.06. The number of thioether (sulfide) groups is 1. The topological polar surface area (TPSA) is 76.2 Å². The molecule has 30 heavy (non-hydrogen) atoms. The zero-order chi connectivity index (χ0) is 22.0. The summed E-state index contributed by atoms with van der Waals surface area (Å²) in [5, 5.41) is -0.0240. The van der Waals surface area contributed by atoms with Crippen LogP contribution in [0.5, 0.6) is 5.75 Å². The number of rotatable bonds is 10. The van der Waals surface area contributed by atoms with Crippen LogP contribution in [0, 0.1) is 11.8 Å². The minimum Gasteiger partial charge on any atom is -0.481 e. The fourth-order valence-corrected chi connectivity index (χ4v) is 5.37. The molecular weight excluding hydrogens is 424 g/mol. The van der Waals surface area contributed by atoms with Gasteiger partial charge < -0.3 is 9.47 Å². The van der Waals surface area contributed by atoms with Gasteiger partial charge in [-0.2, -0.15) is 4.31 Å². The van der Waals surface area contributed by atoms with Crippen LogP contribution in [-0.4, -0.2) is 80.5 Å². The fourth-order valence-electron chi connectivity index (χ4n) is 3.00. The van der Waals surface area contributed by atoms with Crippen LogP contribution in [0.15, 0.2) is 29.2 Å². The number of sulfonamides is 1. The van der Waals surface area contributed by atoms with E-state index in [9.17, 15) is 13.2 Å². The zero-order valence-electron chi connectivity index (χ0n) is 17.8. The normalized spacial score (nSPS) is 16.0. The second-order valence-electron chi connectivity index (χ2n) is 6.91. The van der Waals surface area contributed by atoms with Gasteiger partial charge in [-0.15, -0.1) is 5.92 Å². The number of carbonyl (C=O) groups excluding carboxylic acids is 1. The van der Waals surface area contributed by atoms with E-state index >= 15 is 0 Å². The van der Waals surface area contributed by atoms with Crippen molar-refractivity contribution in [3.05, 3.63) is 24.3 Å². The van der Waals surface area contributed by atoms with Gasteiger partial charge in [0.2, 0.25) is 10.0 Å². The Morgan fingerprint density at radius 1 is 1.30 bits per heavy atom. The van der Waals surface area contributed by atoms with Gasteiger partial charge in [0.05, 0.1) is 18.1 Å². The summed E-state index contributed by atoms with van der Waals surface area (Å²) in [7, 11) is -3.72. The third kappa shape index (κ3) is 7.60. The van der Waals surface area contributed by atoms with Crippen molar-refractivity contribution in [3.63, 3.8) is 0 Å². The van der Waals surface area contributed by atoms with E-state index in [-0.39, 0.29) is 22.7 Å². The monoisotopic (exact) mass is 454 g/mol. The molecule has 0 N–H and O–H groups in total. The maximum Gasteiger partial charge on any atom is 0.243 e. The van der Waals surface area contributed by atoms with E-state index in [2.05, 4.69) is 16.7 Å². The Hall–Kier alpha value is -1.57. The molecule has 0 bridgehead atoms. The van der Waals surface area contributed by atoms with Crippen LogP contribution >= 0.6 is 11.8 Å². The number of carbonyl (C=O) groups is 1. The molecule has 7 nitrogen and oxygen atoms in total.